The van der Waals surface area contributed by atoms with Crippen LogP contribution in [0.3, 0.4) is 0 Å². The summed E-state index contributed by atoms with van der Waals surface area (Å²) in [6.45, 7) is 6.30. The molecule has 18 heavy (non-hydrogen) atoms. The fourth-order valence-corrected chi connectivity index (χ4v) is 1.71. The van der Waals surface area contributed by atoms with Gasteiger partial charge in [0.1, 0.15) is 6.04 Å². The molecule has 1 fully saturated rings. The number of rotatable bonds is 5. The normalized spacial score (nSPS) is 17.7. The first-order valence-corrected chi connectivity index (χ1v) is 6.17. The Bertz CT molecular complexity index is 432. The average Bonchev–Trinajstić information content (AvgIpc) is 2.94. The number of nitrogens with zero attached hydrogens (tertiary/aromatic N) is 2. The lowest BCUT2D eigenvalue weighted by Crippen LogP contribution is -2.38. The summed E-state index contributed by atoms with van der Waals surface area (Å²) in [7, 11) is 0. The highest BCUT2D eigenvalue weighted by molar-refractivity contribution is 5.74. The van der Waals surface area contributed by atoms with Crippen molar-refractivity contribution in [2.75, 3.05) is 0 Å². The smallest absolute Gasteiger partial charge is 0.320 e. The summed E-state index contributed by atoms with van der Waals surface area (Å²) in [6.07, 6.45) is 1.95. The third-order valence-electron chi connectivity index (χ3n) is 2.97. The van der Waals surface area contributed by atoms with Gasteiger partial charge in [0.2, 0.25) is 5.89 Å². The van der Waals surface area contributed by atoms with E-state index in [0.717, 1.165) is 12.8 Å². The number of carboxylic acids is 1. The molecule has 0 amide bonds. The van der Waals surface area contributed by atoms with Crippen molar-refractivity contribution in [1.29, 1.82) is 0 Å². The molecule has 0 aromatic carbocycles. The van der Waals surface area contributed by atoms with E-state index in [1.165, 1.54) is 0 Å². The van der Waals surface area contributed by atoms with Crippen LogP contribution in [0.2, 0.25) is 0 Å². The molecule has 1 atom stereocenters. The van der Waals surface area contributed by atoms with Crippen LogP contribution in [0, 0.1) is 5.92 Å². The monoisotopic (exact) mass is 253 g/mol. The molecule has 1 unspecified atom stereocenters. The number of nitrogens with one attached hydrogen (secondary N) is 1. The molecule has 100 valence electrons. The van der Waals surface area contributed by atoms with Crippen LogP contribution in [0.25, 0.3) is 0 Å². The van der Waals surface area contributed by atoms with Crippen LogP contribution in [0.15, 0.2) is 4.52 Å². The van der Waals surface area contributed by atoms with E-state index in [9.17, 15) is 4.79 Å². The van der Waals surface area contributed by atoms with Crippen molar-refractivity contribution in [3.8, 4) is 0 Å². The molecular formula is C12H19N3O3. The fraction of sp³-hybridized carbons (Fsp3) is 0.750. The summed E-state index contributed by atoms with van der Waals surface area (Å²) in [5.74, 6) is 0.505. The topological polar surface area (TPSA) is 88.2 Å². The minimum Gasteiger partial charge on any atom is -0.480 e. The SMILES string of the molecule is CC(C)(C)c1noc(CNC(C(=O)O)C2CC2)n1. The number of carboxylic acid groups (broad SMARTS) is 1. The molecule has 1 aliphatic rings. The maximum absolute atomic E-state index is 11.0. The standard InChI is InChI=1S/C12H19N3O3/c1-12(2,3)11-14-8(18-15-11)6-13-9(10(16)17)7-4-5-7/h7,9,13H,4-6H2,1-3H3,(H,16,17). The zero-order valence-electron chi connectivity index (χ0n) is 10.9. The highest BCUT2D eigenvalue weighted by Gasteiger charge is 2.36. The number of aliphatic carboxylic acids is 1. The first kappa shape index (κ1) is 13.0. The number of hydrogen-bond acceptors (Lipinski definition) is 5. The van der Waals surface area contributed by atoms with Gasteiger partial charge in [0.05, 0.1) is 6.54 Å². The molecule has 0 radical (unpaired) electrons. The van der Waals surface area contributed by atoms with Crippen molar-refractivity contribution < 1.29 is 14.4 Å². The highest BCUT2D eigenvalue weighted by Crippen LogP contribution is 2.32. The Morgan fingerprint density at radius 1 is 1.56 bits per heavy atom. The first-order valence-electron chi connectivity index (χ1n) is 6.17. The van der Waals surface area contributed by atoms with E-state index in [0.29, 0.717) is 18.3 Å². The Morgan fingerprint density at radius 3 is 2.67 bits per heavy atom. The van der Waals surface area contributed by atoms with Gasteiger partial charge in [-0.3, -0.25) is 10.1 Å². The quantitative estimate of drug-likeness (QED) is 0.822. The molecule has 1 aromatic heterocycles. The number of carbonyl (C=O) groups is 1. The van der Waals surface area contributed by atoms with Gasteiger partial charge >= 0.3 is 5.97 Å². The Hall–Kier alpha value is -1.43. The Labute approximate surface area is 106 Å². The van der Waals surface area contributed by atoms with E-state index >= 15 is 0 Å². The second-order valence-corrected chi connectivity index (χ2v) is 5.80. The van der Waals surface area contributed by atoms with E-state index in [2.05, 4.69) is 15.5 Å². The lowest BCUT2D eigenvalue weighted by Gasteiger charge is -2.12. The molecule has 0 spiro atoms. The van der Waals surface area contributed by atoms with Crippen molar-refractivity contribution in [1.82, 2.24) is 15.5 Å². The van der Waals surface area contributed by atoms with Crippen LogP contribution in [0.5, 0.6) is 0 Å². The first-order chi connectivity index (χ1) is 8.38. The minimum absolute atomic E-state index is 0.162. The lowest BCUT2D eigenvalue weighted by molar-refractivity contribution is -0.140. The third kappa shape index (κ3) is 3.07. The summed E-state index contributed by atoms with van der Waals surface area (Å²) >= 11 is 0. The van der Waals surface area contributed by atoms with Crippen molar-refractivity contribution in [3.05, 3.63) is 11.7 Å². The molecular weight excluding hydrogens is 234 g/mol. The van der Waals surface area contributed by atoms with Crippen LogP contribution in [-0.2, 0) is 16.8 Å². The van der Waals surface area contributed by atoms with Crippen molar-refractivity contribution in [2.24, 2.45) is 5.92 Å². The average molecular weight is 253 g/mol. The molecule has 2 N–H and O–H groups in total. The highest BCUT2D eigenvalue weighted by atomic mass is 16.5. The minimum atomic E-state index is -0.812. The second-order valence-electron chi connectivity index (χ2n) is 5.80. The summed E-state index contributed by atoms with van der Waals surface area (Å²) in [5, 5.41) is 15.9. The molecule has 0 bridgehead atoms. The van der Waals surface area contributed by atoms with Crippen molar-refractivity contribution in [3.63, 3.8) is 0 Å². The van der Waals surface area contributed by atoms with Crippen LogP contribution in [0.1, 0.15) is 45.3 Å². The summed E-state index contributed by atoms with van der Waals surface area (Å²) in [4.78, 5) is 15.3. The van der Waals surface area contributed by atoms with E-state index in [1.54, 1.807) is 0 Å². The van der Waals surface area contributed by atoms with Crippen LogP contribution < -0.4 is 5.32 Å². The Balaban J connectivity index is 1.93. The molecule has 1 aromatic rings. The molecule has 6 nitrogen and oxygen atoms in total. The van der Waals surface area contributed by atoms with E-state index in [-0.39, 0.29) is 11.3 Å². The molecule has 1 heterocycles. The molecule has 2 rings (SSSR count). The second kappa shape index (κ2) is 4.68. The predicted molar refractivity (Wildman–Crippen MR) is 64.0 cm³/mol. The maximum atomic E-state index is 11.0. The van der Waals surface area contributed by atoms with E-state index in [1.807, 2.05) is 20.8 Å². The van der Waals surface area contributed by atoms with Gasteiger partial charge in [-0.1, -0.05) is 25.9 Å². The molecule has 1 aliphatic carbocycles. The van der Waals surface area contributed by atoms with Gasteiger partial charge in [-0.15, -0.1) is 0 Å². The maximum Gasteiger partial charge on any atom is 0.320 e. The Morgan fingerprint density at radius 2 is 2.22 bits per heavy atom. The zero-order valence-corrected chi connectivity index (χ0v) is 10.9. The van der Waals surface area contributed by atoms with Gasteiger partial charge in [-0.25, -0.2) is 0 Å². The zero-order chi connectivity index (χ0) is 13.3. The number of hydrogen-bond donors (Lipinski definition) is 2. The summed E-state index contributed by atoms with van der Waals surface area (Å²) < 4.78 is 5.10. The summed E-state index contributed by atoms with van der Waals surface area (Å²) in [5.41, 5.74) is -0.162. The van der Waals surface area contributed by atoms with E-state index in [4.69, 9.17) is 9.63 Å². The van der Waals surface area contributed by atoms with Gasteiger partial charge in [-0.05, 0) is 18.8 Å². The summed E-state index contributed by atoms with van der Waals surface area (Å²) in [6, 6.07) is -0.505. The van der Waals surface area contributed by atoms with Gasteiger partial charge in [-0.2, -0.15) is 4.98 Å². The van der Waals surface area contributed by atoms with Gasteiger partial charge in [0.25, 0.3) is 0 Å². The molecule has 0 aliphatic heterocycles. The molecule has 1 saturated carbocycles. The van der Waals surface area contributed by atoms with Crippen molar-refractivity contribution in [2.45, 2.75) is 51.6 Å². The van der Waals surface area contributed by atoms with Crippen LogP contribution in [0.4, 0.5) is 0 Å². The fourth-order valence-electron chi connectivity index (χ4n) is 1.71. The largest absolute Gasteiger partial charge is 0.480 e. The Kier molecular flexibility index (Phi) is 3.38. The number of aromatic nitrogens is 2. The van der Waals surface area contributed by atoms with Crippen LogP contribution in [-0.4, -0.2) is 27.3 Å². The molecule has 6 heteroatoms. The lowest BCUT2D eigenvalue weighted by atomic mass is 9.96. The van der Waals surface area contributed by atoms with E-state index < -0.39 is 12.0 Å². The predicted octanol–water partition coefficient (Wildman–Crippen LogP) is 1.32. The van der Waals surface area contributed by atoms with Gasteiger partial charge in [0, 0.05) is 5.41 Å². The third-order valence-corrected chi connectivity index (χ3v) is 2.97. The van der Waals surface area contributed by atoms with Gasteiger partial charge in [0.15, 0.2) is 5.82 Å². The van der Waals surface area contributed by atoms with Crippen molar-refractivity contribution >= 4 is 5.97 Å². The van der Waals surface area contributed by atoms with Crippen LogP contribution >= 0.6 is 0 Å². The van der Waals surface area contributed by atoms with Gasteiger partial charge < -0.3 is 9.63 Å². The molecule has 0 saturated heterocycles.